The van der Waals surface area contributed by atoms with Gasteiger partial charge in [-0.05, 0) is 24.3 Å². The molecule has 0 spiro atoms. The van der Waals surface area contributed by atoms with Crippen LogP contribution in [0.1, 0.15) is 5.69 Å². The standard InChI is InChI=1S/C15H11N3OS/c16-15(20)12-7-6-11(9-18-12)19-13-5-1-3-10-4-2-8-17-14(10)13/h1-9H,(H2,16,20). The SMILES string of the molecule is NC(=S)c1ccc(Oc2cccc3cccnc23)cn1. The van der Waals surface area contributed by atoms with Crippen molar-refractivity contribution in [3.05, 3.63) is 60.6 Å². The molecule has 0 saturated carbocycles. The second-order valence-electron chi connectivity index (χ2n) is 4.18. The Morgan fingerprint density at radius 2 is 1.90 bits per heavy atom. The number of thiocarbonyl (C=S) groups is 1. The summed E-state index contributed by atoms with van der Waals surface area (Å²) >= 11 is 4.86. The van der Waals surface area contributed by atoms with E-state index in [0.717, 1.165) is 10.9 Å². The molecular formula is C15H11N3OS. The lowest BCUT2D eigenvalue weighted by Gasteiger charge is -2.08. The summed E-state index contributed by atoms with van der Waals surface area (Å²) in [6.45, 7) is 0. The molecule has 20 heavy (non-hydrogen) atoms. The fourth-order valence-electron chi connectivity index (χ4n) is 1.87. The number of benzene rings is 1. The monoisotopic (exact) mass is 281 g/mol. The number of ether oxygens (including phenoxy) is 1. The Kier molecular flexibility index (Phi) is 3.26. The molecule has 5 heteroatoms. The van der Waals surface area contributed by atoms with Crippen LogP contribution in [0, 0.1) is 0 Å². The molecule has 0 radical (unpaired) electrons. The smallest absolute Gasteiger partial charge is 0.153 e. The molecule has 3 rings (SSSR count). The first-order valence-corrected chi connectivity index (χ1v) is 6.42. The van der Waals surface area contributed by atoms with Crippen LogP contribution in [-0.2, 0) is 0 Å². The van der Waals surface area contributed by atoms with E-state index >= 15 is 0 Å². The van der Waals surface area contributed by atoms with E-state index in [-0.39, 0.29) is 4.99 Å². The third-order valence-electron chi connectivity index (χ3n) is 2.81. The highest BCUT2D eigenvalue weighted by Gasteiger charge is 2.05. The van der Waals surface area contributed by atoms with E-state index in [0.29, 0.717) is 17.2 Å². The number of pyridine rings is 2. The molecule has 0 fully saturated rings. The van der Waals surface area contributed by atoms with Crippen molar-refractivity contribution < 1.29 is 4.74 Å². The first-order valence-electron chi connectivity index (χ1n) is 6.01. The Morgan fingerprint density at radius 1 is 1.05 bits per heavy atom. The molecule has 2 N–H and O–H groups in total. The van der Waals surface area contributed by atoms with Gasteiger partial charge >= 0.3 is 0 Å². The first kappa shape index (κ1) is 12.5. The molecule has 0 unspecified atom stereocenters. The maximum Gasteiger partial charge on any atom is 0.153 e. The molecule has 0 amide bonds. The highest BCUT2D eigenvalue weighted by atomic mass is 32.1. The summed E-state index contributed by atoms with van der Waals surface area (Å²) in [5, 5.41) is 1.03. The van der Waals surface area contributed by atoms with Gasteiger partial charge in [0, 0.05) is 11.6 Å². The van der Waals surface area contributed by atoms with Gasteiger partial charge in [0.05, 0.1) is 11.9 Å². The Morgan fingerprint density at radius 3 is 2.65 bits per heavy atom. The average molecular weight is 281 g/mol. The van der Waals surface area contributed by atoms with Crippen molar-refractivity contribution >= 4 is 28.1 Å². The predicted octanol–water partition coefficient (Wildman–Crippen LogP) is 3.06. The van der Waals surface area contributed by atoms with Gasteiger partial charge in [-0.2, -0.15) is 0 Å². The molecule has 4 nitrogen and oxygen atoms in total. The summed E-state index contributed by atoms with van der Waals surface area (Å²) in [5.74, 6) is 1.30. The molecule has 0 bridgehead atoms. The van der Waals surface area contributed by atoms with E-state index in [1.54, 1.807) is 24.5 Å². The van der Waals surface area contributed by atoms with Crippen LogP contribution in [0.25, 0.3) is 10.9 Å². The lowest BCUT2D eigenvalue weighted by atomic mass is 10.2. The third kappa shape index (κ3) is 2.44. The molecule has 2 aromatic heterocycles. The Balaban J connectivity index is 1.95. The second kappa shape index (κ2) is 5.22. The van der Waals surface area contributed by atoms with Gasteiger partial charge in [0.25, 0.3) is 0 Å². The fourth-order valence-corrected chi connectivity index (χ4v) is 1.99. The molecule has 98 valence electrons. The largest absolute Gasteiger partial charge is 0.453 e. The van der Waals surface area contributed by atoms with Gasteiger partial charge in [0.15, 0.2) is 5.75 Å². The average Bonchev–Trinajstić information content (AvgIpc) is 2.48. The number of aromatic nitrogens is 2. The lowest BCUT2D eigenvalue weighted by molar-refractivity contribution is 0.484. The van der Waals surface area contributed by atoms with Crippen LogP contribution >= 0.6 is 12.2 Å². The maximum absolute atomic E-state index is 5.82. The van der Waals surface area contributed by atoms with Gasteiger partial charge in [-0.3, -0.25) is 4.98 Å². The van der Waals surface area contributed by atoms with Gasteiger partial charge in [0.2, 0.25) is 0 Å². The number of para-hydroxylation sites is 1. The fraction of sp³-hybridized carbons (Fsp3) is 0. The van der Waals surface area contributed by atoms with Gasteiger partial charge in [0.1, 0.15) is 16.3 Å². The molecule has 0 aliphatic heterocycles. The van der Waals surface area contributed by atoms with Crippen molar-refractivity contribution in [1.82, 2.24) is 9.97 Å². The number of nitrogens with two attached hydrogens (primary N) is 1. The predicted molar refractivity (Wildman–Crippen MR) is 81.9 cm³/mol. The molecule has 0 aliphatic carbocycles. The van der Waals surface area contributed by atoms with E-state index < -0.39 is 0 Å². The summed E-state index contributed by atoms with van der Waals surface area (Å²) in [5.41, 5.74) is 6.89. The lowest BCUT2D eigenvalue weighted by Crippen LogP contribution is -2.10. The highest BCUT2D eigenvalue weighted by molar-refractivity contribution is 7.80. The number of hydrogen-bond donors (Lipinski definition) is 1. The van der Waals surface area contributed by atoms with Gasteiger partial charge < -0.3 is 10.5 Å². The number of fused-ring (bicyclic) bond motifs is 1. The van der Waals surface area contributed by atoms with Gasteiger partial charge in [-0.1, -0.05) is 30.4 Å². The minimum atomic E-state index is 0.267. The van der Waals surface area contributed by atoms with Gasteiger partial charge in [-0.25, -0.2) is 4.98 Å². The van der Waals surface area contributed by atoms with E-state index in [4.69, 9.17) is 22.7 Å². The van der Waals surface area contributed by atoms with Crippen molar-refractivity contribution in [3.8, 4) is 11.5 Å². The van der Waals surface area contributed by atoms with Crippen LogP contribution in [-0.4, -0.2) is 15.0 Å². The molecule has 0 atom stereocenters. The zero-order chi connectivity index (χ0) is 13.9. The van der Waals surface area contributed by atoms with Crippen LogP contribution in [0.4, 0.5) is 0 Å². The number of rotatable bonds is 3. The summed E-state index contributed by atoms with van der Waals surface area (Å²) in [6.07, 6.45) is 3.33. The van der Waals surface area contributed by atoms with Gasteiger partial charge in [-0.15, -0.1) is 0 Å². The van der Waals surface area contributed by atoms with Crippen molar-refractivity contribution in [1.29, 1.82) is 0 Å². The summed E-state index contributed by atoms with van der Waals surface area (Å²) in [4.78, 5) is 8.75. The first-order chi connectivity index (χ1) is 9.74. The van der Waals surface area contributed by atoms with Crippen molar-refractivity contribution in [2.45, 2.75) is 0 Å². The van der Waals surface area contributed by atoms with E-state index in [2.05, 4.69) is 9.97 Å². The summed E-state index contributed by atoms with van der Waals surface area (Å²) in [7, 11) is 0. The van der Waals surface area contributed by atoms with Crippen LogP contribution in [0.2, 0.25) is 0 Å². The second-order valence-corrected chi connectivity index (χ2v) is 4.62. The normalized spacial score (nSPS) is 10.4. The zero-order valence-electron chi connectivity index (χ0n) is 10.5. The maximum atomic E-state index is 5.82. The minimum absolute atomic E-state index is 0.267. The highest BCUT2D eigenvalue weighted by Crippen LogP contribution is 2.27. The van der Waals surface area contributed by atoms with Crippen LogP contribution in [0.15, 0.2) is 54.9 Å². The van der Waals surface area contributed by atoms with Crippen molar-refractivity contribution in [2.24, 2.45) is 5.73 Å². The molecule has 0 aliphatic rings. The van der Waals surface area contributed by atoms with Crippen LogP contribution < -0.4 is 10.5 Å². The molecule has 2 heterocycles. The van der Waals surface area contributed by atoms with Crippen LogP contribution in [0.5, 0.6) is 11.5 Å². The van der Waals surface area contributed by atoms with Crippen molar-refractivity contribution in [3.63, 3.8) is 0 Å². The Hall–Kier alpha value is -2.53. The summed E-state index contributed by atoms with van der Waals surface area (Å²) < 4.78 is 5.82. The molecule has 1 aromatic carbocycles. The topological polar surface area (TPSA) is 61.0 Å². The quantitative estimate of drug-likeness (QED) is 0.748. The Labute approximate surface area is 121 Å². The minimum Gasteiger partial charge on any atom is -0.453 e. The third-order valence-corrected chi connectivity index (χ3v) is 3.02. The van der Waals surface area contributed by atoms with E-state index in [1.807, 2.05) is 30.3 Å². The molecular weight excluding hydrogens is 270 g/mol. The molecule has 0 saturated heterocycles. The zero-order valence-corrected chi connectivity index (χ0v) is 11.3. The summed E-state index contributed by atoms with van der Waals surface area (Å²) in [6, 6.07) is 13.2. The number of hydrogen-bond acceptors (Lipinski definition) is 4. The number of nitrogens with zero attached hydrogens (tertiary/aromatic N) is 2. The van der Waals surface area contributed by atoms with Crippen molar-refractivity contribution in [2.75, 3.05) is 0 Å². The Bertz CT molecular complexity index is 766. The van der Waals surface area contributed by atoms with E-state index in [1.165, 1.54) is 0 Å². The van der Waals surface area contributed by atoms with Crippen LogP contribution in [0.3, 0.4) is 0 Å². The van der Waals surface area contributed by atoms with E-state index in [9.17, 15) is 0 Å². The molecule has 3 aromatic rings.